The van der Waals surface area contributed by atoms with Gasteiger partial charge in [-0.3, -0.25) is 14.3 Å². The van der Waals surface area contributed by atoms with Crippen LogP contribution in [0.15, 0.2) is 59.7 Å². The van der Waals surface area contributed by atoms with Crippen LogP contribution in [0.1, 0.15) is 30.8 Å². The molecule has 8 heteroatoms. The van der Waals surface area contributed by atoms with Gasteiger partial charge in [0, 0.05) is 61.7 Å². The van der Waals surface area contributed by atoms with E-state index in [9.17, 15) is 18.0 Å². The van der Waals surface area contributed by atoms with Crippen molar-refractivity contribution in [3.05, 3.63) is 82.2 Å². The lowest BCUT2D eigenvalue weighted by Gasteiger charge is -2.23. The summed E-state index contributed by atoms with van der Waals surface area (Å²) in [6.07, 6.45) is -0.721. The highest BCUT2D eigenvalue weighted by Gasteiger charge is 2.32. The molecule has 4 heterocycles. The molecular weight excluding hydrogens is 441 g/mol. The maximum Gasteiger partial charge on any atom is 0.433 e. The Kier molecular flexibility index (Phi) is 6.36. The first-order valence-electron chi connectivity index (χ1n) is 11.3. The second kappa shape index (κ2) is 9.10. The molecule has 178 valence electrons. The Balaban J connectivity index is 0.00000133. The fourth-order valence-electron chi connectivity index (χ4n) is 4.45. The zero-order chi connectivity index (χ0) is 24.6. The number of hydrogen-bond donors (Lipinski definition) is 0. The molecule has 0 radical (unpaired) electrons. The van der Waals surface area contributed by atoms with Crippen LogP contribution in [-0.2, 0) is 26.2 Å². The summed E-state index contributed by atoms with van der Waals surface area (Å²) in [6.45, 7) is 5.92. The minimum Gasteiger partial charge on any atom is -0.347 e. The minimum atomic E-state index is -4.49. The van der Waals surface area contributed by atoms with E-state index in [-0.39, 0.29) is 5.56 Å². The molecule has 0 N–H and O–H groups in total. The Bertz CT molecular complexity index is 1380. The molecule has 0 unspecified atom stereocenters. The first-order valence-corrected chi connectivity index (χ1v) is 11.3. The second-order valence-electron chi connectivity index (χ2n) is 8.23. The molecule has 0 atom stereocenters. The van der Waals surface area contributed by atoms with E-state index < -0.39 is 11.9 Å². The highest BCUT2D eigenvalue weighted by atomic mass is 19.4. The first kappa shape index (κ1) is 23.8. The number of nitrogens with zero attached hydrogens (tertiary/aromatic N) is 4. The largest absolute Gasteiger partial charge is 0.433 e. The third kappa shape index (κ3) is 4.25. The number of pyridine rings is 2. The Morgan fingerprint density at radius 1 is 0.971 bits per heavy atom. The molecule has 1 aliphatic heterocycles. The standard InChI is InChI=1S/C24H21F3N4O.C2H6/c1-29-9-8-20-19(14-29)18-5-4-17(12-21(18)30(20)2)31-10-7-15(11-23(31)32)16-3-6-22(28-13-16)24(25,26)27;1-2/h3-7,10-13H,8-9,14H2,1-2H3;1-2H3. The van der Waals surface area contributed by atoms with Crippen LogP contribution < -0.4 is 5.56 Å². The van der Waals surface area contributed by atoms with Crippen molar-refractivity contribution >= 4 is 10.9 Å². The van der Waals surface area contributed by atoms with E-state index in [0.29, 0.717) is 11.1 Å². The molecule has 34 heavy (non-hydrogen) atoms. The average molecular weight is 469 g/mol. The number of aromatic nitrogens is 3. The Labute approximate surface area is 196 Å². The number of aryl methyl sites for hydroxylation is 1. The van der Waals surface area contributed by atoms with Crippen molar-refractivity contribution in [1.29, 1.82) is 0 Å². The van der Waals surface area contributed by atoms with Gasteiger partial charge in [0.15, 0.2) is 0 Å². The molecule has 0 aliphatic carbocycles. The topological polar surface area (TPSA) is 43.1 Å². The van der Waals surface area contributed by atoms with Crippen LogP contribution >= 0.6 is 0 Å². The van der Waals surface area contributed by atoms with Crippen molar-refractivity contribution in [3.63, 3.8) is 0 Å². The summed E-state index contributed by atoms with van der Waals surface area (Å²) in [4.78, 5) is 18.6. The van der Waals surface area contributed by atoms with Crippen LogP contribution in [0.2, 0.25) is 0 Å². The minimum absolute atomic E-state index is 0.263. The summed E-state index contributed by atoms with van der Waals surface area (Å²) in [5.74, 6) is 0. The zero-order valence-corrected chi connectivity index (χ0v) is 19.6. The summed E-state index contributed by atoms with van der Waals surface area (Å²) < 4.78 is 42.0. The monoisotopic (exact) mass is 468 g/mol. The maximum atomic E-state index is 12.8. The Hall–Kier alpha value is -3.39. The fourth-order valence-corrected chi connectivity index (χ4v) is 4.45. The van der Waals surface area contributed by atoms with E-state index in [2.05, 4.69) is 34.6 Å². The van der Waals surface area contributed by atoms with E-state index in [1.165, 1.54) is 28.8 Å². The van der Waals surface area contributed by atoms with Gasteiger partial charge in [0.05, 0.1) is 11.2 Å². The van der Waals surface area contributed by atoms with Crippen molar-refractivity contribution in [2.75, 3.05) is 13.6 Å². The average Bonchev–Trinajstić information content (AvgIpc) is 3.10. The molecule has 1 aromatic carbocycles. The number of benzene rings is 1. The normalized spacial score (nSPS) is 14.0. The number of fused-ring (bicyclic) bond motifs is 3. The fraction of sp³-hybridized carbons (Fsp3) is 0.308. The summed E-state index contributed by atoms with van der Waals surface area (Å²) in [5.41, 5.74) is 4.23. The van der Waals surface area contributed by atoms with Gasteiger partial charge in [-0.15, -0.1) is 0 Å². The van der Waals surface area contributed by atoms with Gasteiger partial charge in [-0.1, -0.05) is 26.0 Å². The quantitative estimate of drug-likeness (QED) is 0.394. The predicted molar refractivity (Wildman–Crippen MR) is 128 cm³/mol. The predicted octanol–water partition coefficient (Wildman–Crippen LogP) is 5.42. The molecule has 4 aromatic rings. The second-order valence-corrected chi connectivity index (χ2v) is 8.23. The number of alkyl halides is 3. The maximum absolute atomic E-state index is 12.8. The molecule has 1 aliphatic rings. The van der Waals surface area contributed by atoms with E-state index in [0.717, 1.165) is 43.0 Å². The summed E-state index contributed by atoms with van der Waals surface area (Å²) in [6, 6.07) is 11.4. The van der Waals surface area contributed by atoms with Crippen molar-refractivity contribution in [2.24, 2.45) is 7.05 Å². The van der Waals surface area contributed by atoms with Gasteiger partial charge >= 0.3 is 6.18 Å². The molecule has 5 rings (SSSR count). The lowest BCUT2D eigenvalue weighted by atomic mass is 10.0. The van der Waals surface area contributed by atoms with Crippen molar-refractivity contribution < 1.29 is 13.2 Å². The Morgan fingerprint density at radius 3 is 2.38 bits per heavy atom. The van der Waals surface area contributed by atoms with Gasteiger partial charge in [-0.2, -0.15) is 13.2 Å². The third-order valence-corrected chi connectivity index (χ3v) is 6.16. The molecule has 0 spiro atoms. The first-order chi connectivity index (χ1) is 16.2. The zero-order valence-electron chi connectivity index (χ0n) is 19.6. The highest BCUT2D eigenvalue weighted by Crippen LogP contribution is 2.31. The molecule has 3 aromatic heterocycles. The van der Waals surface area contributed by atoms with Crippen molar-refractivity contribution in [3.8, 4) is 16.8 Å². The van der Waals surface area contributed by atoms with Gasteiger partial charge in [-0.25, -0.2) is 0 Å². The van der Waals surface area contributed by atoms with Crippen LogP contribution in [-0.4, -0.2) is 32.6 Å². The highest BCUT2D eigenvalue weighted by molar-refractivity contribution is 5.87. The number of hydrogen-bond acceptors (Lipinski definition) is 3. The Morgan fingerprint density at radius 2 is 1.74 bits per heavy atom. The SMILES string of the molecule is CC.CN1CCc2c(c3ccc(-n4ccc(-c5ccc(C(F)(F)F)nc5)cc4=O)cc3n2C)C1. The summed E-state index contributed by atoms with van der Waals surface area (Å²) in [7, 11) is 4.17. The molecule has 0 amide bonds. The third-order valence-electron chi connectivity index (χ3n) is 6.16. The van der Waals surface area contributed by atoms with Crippen LogP contribution in [0.4, 0.5) is 13.2 Å². The summed E-state index contributed by atoms with van der Waals surface area (Å²) >= 11 is 0. The molecule has 0 saturated heterocycles. The van der Waals surface area contributed by atoms with E-state index in [1.54, 1.807) is 16.8 Å². The molecule has 0 bridgehead atoms. The van der Waals surface area contributed by atoms with E-state index in [1.807, 2.05) is 26.0 Å². The lowest BCUT2D eigenvalue weighted by Crippen LogP contribution is -2.26. The number of halogens is 3. The molecular formula is C26H27F3N4O. The van der Waals surface area contributed by atoms with Gasteiger partial charge in [-0.05, 0) is 42.4 Å². The molecule has 5 nitrogen and oxygen atoms in total. The van der Waals surface area contributed by atoms with Crippen LogP contribution in [0, 0.1) is 0 Å². The van der Waals surface area contributed by atoms with E-state index >= 15 is 0 Å². The molecule has 0 fully saturated rings. The van der Waals surface area contributed by atoms with Gasteiger partial charge < -0.3 is 9.47 Å². The van der Waals surface area contributed by atoms with Crippen molar-refractivity contribution in [2.45, 2.75) is 33.0 Å². The molecule has 0 saturated carbocycles. The van der Waals surface area contributed by atoms with E-state index in [4.69, 9.17) is 0 Å². The lowest BCUT2D eigenvalue weighted by molar-refractivity contribution is -0.141. The van der Waals surface area contributed by atoms with Crippen LogP contribution in [0.3, 0.4) is 0 Å². The number of rotatable bonds is 2. The van der Waals surface area contributed by atoms with Gasteiger partial charge in [0.1, 0.15) is 5.69 Å². The van der Waals surface area contributed by atoms with Gasteiger partial charge in [0.25, 0.3) is 5.56 Å². The van der Waals surface area contributed by atoms with Crippen LogP contribution in [0.5, 0.6) is 0 Å². The summed E-state index contributed by atoms with van der Waals surface area (Å²) in [5, 5.41) is 1.19. The van der Waals surface area contributed by atoms with Crippen LogP contribution in [0.25, 0.3) is 27.7 Å². The number of likely N-dealkylation sites (N-methyl/N-ethyl adjacent to an activating group) is 1. The smallest absolute Gasteiger partial charge is 0.347 e. The van der Waals surface area contributed by atoms with Gasteiger partial charge in [0.2, 0.25) is 0 Å². The van der Waals surface area contributed by atoms with Crippen molar-refractivity contribution in [1.82, 2.24) is 19.0 Å².